The molecule has 0 aliphatic heterocycles. The Morgan fingerprint density at radius 1 is 1.33 bits per heavy atom. The molecule has 0 saturated heterocycles. The fourth-order valence-corrected chi connectivity index (χ4v) is 4.41. The van der Waals surface area contributed by atoms with Gasteiger partial charge >= 0.3 is 0 Å². The van der Waals surface area contributed by atoms with Crippen molar-refractivity contribution in [1.82, 2.24) is 0 Å². The number of allylic oxidation sites excluding steroid dienone is 2. The highest BCUT2D eigenvalue weighted by Crippen LogP contribution is 2.61. The van der Waals surface area contributed by atoms with E-state index in [9.17, 15) is 4.79 Å². The third-order valence-corrected chi connectivity index (χ3v) is 5.64. The van der Waals surface area contributed by atoms with Gasteiger partial charge in [0.1, 0.15) is 0 Å². The molecule has 4 heteroatoms. The van der Waals surface area contributed by atoms with E-state index in [1.54, 1.807) is 12.1 Å². The lowest BCUT2D eigenvalue weighted by Gasteiger charge is -2.05. The van der Waals surface area contributed by atoms with E-state index in [1.165, 1.54) is 17.3 Å². The van der Waals surface area contributed by atoms with Crippen molar-refractivity contribution in [3.8, 4) is 0 Å². The molecule has 1 fully saturated rings. The molecule has 0 N–H and O–H groups in total. The van der Waals surface area contributed by atoms with E-state index < -0.39 is 0 Å². The van der Waals surface area contributed by atoms with Crippen molar-refractivity contribution in [2.45, 2.75) is 33.4 Å². The monoisotopic (exact) mass is 342 g/mol. The Kier molecular flexibility index (Phi) is 5.12. The maximum Gasteiger partial charge on any atom is 0.193 e. The highest BCUT2D eigenvalue weighted by Gasteiger charge is 2.60. The molecule has 0 amide bonds. The van der Waals surface area contributed by atoms with Gasteiger partial charge in [0.2, 0.25) is 0 Å². The van der Waals surface area contributed by atoms with Crippen molar-refractivity contribution in [3.63, 3.8) is 0 Å². The zero-order valence-electron chi connectivity index (χ0n) is 12.7. The normalized spacial score (nSPS) is 22.8. The second-order valence-electron chi connectivity index (χ2n) is 6.41. The third kappa shape index (κ3) is 3.85. The molecular formula is C17H20Cl2OS. The molecule has 2 rings (SSSR count). The van der Waals surface area contributed by atoms with Gasteiger partial charge in [0.15, 0.2) is 5.12 Å². The van der Waals surface area contributed by atoms with Crippen LogP contribution in [0.2, 0.25) is 10.0 Å². The van der Waals surface area contributed by atoms with Gasteiger partial charge in [0, 0.05) is 21.7 Å². The van der Waals surface area contributed by atoms with Gasteiger partial charge in [-0.05, 0) is 42.9 Å². The van der Waals surface area contributed by atoms with Crippen LogP contribution < -0.4 is 0 Å². The molecule has 1 aromatic rings. The van der Waals surface area contributed by atoms with Gasteiger partial charge in [-0.15, -0.1) is 0 Å². The predicted octanol–water partition coefficient (Wildman–Crippen LogP) is 5.99. The molecule has 2 atom stereocenters. The van der Waals surface area contributed by atoms with Gasteiger partial charge in [-0.3, -0.25) is 4.79 Å². The van der Waals surface area contributed by atoms with Crippen LogP contribution in [0.15, 0.2) is 29.8 Å². The summed E-state index contributed by atoms with van der Waals surface area (Å²) in [7, 11) is 0. The van der Waals surface area contributed by atoms with E-state index >= 15 is 0 Å². The molecule has 0 unspecified atom stereocenters. The number of hydrogen-bond acceptors (Lipinski definition) is 2. The van der Waals surface area contributed by atoms with Crippen LogP contribution in [-0.2, 0) is 10.5 Å². The largest absolute Gasteiger partial charge is 0.287 e. The summed E-state index contributed by atoms with van der Waals surface area (Å²) in [5.41, 5.74) is 2.30. The molecule has 1 aliphatic carbocycles. The number of hydrogen-bond donors (Lipinski definition) is 0. The quantitative estimate of drug-likeness (QED) is 0.625. The van der Waals surface area contributed by atoms with E-state index in [2.05, 4.69) is 33.8 Å². The first kappa shape index (κ1) is 16.9. The number of carbonyl (C=O) groups excluding carboxylic acids is 1. The SMILES string of the molecule is CC(C)=C[C@@H]1[C@@H](C(=O)SCc2ccc(Cl)cc2Cl)C1(C)C. The maximum atomic E-state index is 12.4. The Hall–Kier alpha value is -0.440. The Morgan fingerprint density at radius 3 is 2.57 bits per heavy atom. The molecule has 0 radical (unpaired) electrons. The lowest BCUT2D eigenvalue weighted by atomic mass is 10.1. The van der Waals surface area contributed by atoms with E-state index in [0.717, 1.165) is 5.56 Å². The minimum absolute atomic E-state index is 0.0745. The first-order valence-corrected chi connectivity index (χ1v) is 8.73. The first-order chi connectivity index (χ1) is 9.73. The van der Waals surface area contributed by atoms with Crippen LogP contribution in [-0.4, -0.2) is 5.12 Å². The molecule has 0 spiro atoms. The van der Waals surface area contributed by atoms with Crippen LogP contribution in [0, 0.1) is 17.3 Å². The highest BCUT2D eigenvalue weighted by atomic mass is 35.5. The molecule has 1 nitrogen and oxygen atoms in total. The van der Waals surface area contributed by atoms with Crippen LogP contribution >= 0.6 is 35.0 Å². The molecule has 1 aliphatic rings. The summed E-state index contributed by atoms with van der Waals surface area (Å²) in [5, 5.41) is 1.50. The molecule has 114 valence electrons. The predicted molar refractivity (Wildman–Crippen MR) is 93.0 cm³/mol. The van der Waals surface area contributed by atoms with Gasteiger partial charge in [-0.25, -0.2) is 0 Å². The van der Waals surface area contributed by atoms with Gasteiger partial charge in [-0.2, -0.15) is 0 Å². The average molecular weight is 343 g/mol. The minimum atomic E-state index is 0.0745. The number of benzene rings is 1. The second kappa shape index (κ2) is 6.36. The van der Waals surface area contributed by atoms with Crippen molar-refractivity contribution in [3.05, 3.63) is 45.5 Å². The maximum absolute atomic E-state index is 12.4. The van der Waals surface area contributed by atoms with E-state index in [0.29, 0.717) is 21.7 Å². The smallest absolute Gasteiger partial charge is 0.193 e. The Balaban J connectivity index is 1.98. The summed E-state index contributed by atoms with van der Waals surface area (Å²) in [5.74, 6) is 1.08. The minimum Gasteiger partial charge on any atom is -0.287 e. The zero-order valence-corrected chi connectivity index (χ0v) is 15.1. The van der Waals surface area contributed by atoms with Crippen LogP contribution in [0.4, 0.5) is 0 Å². The molecule has 1 aromatic carbocycles. The van der Waals surface area contributed by atoms with Crippen molar-refractivity contribution in [1.29, 1.82) is 0 Å². The summed E-state index contributed by atoms with van der Waals surface area (Å²) in [4.78, 5) is 12.4. The van der Waals surface area contributed by atoms with Crippen molar-refractivity contribution in [2.75, 3.05) is 0 Å². The fourth-order valence-electron chi connectivity index (χ4n) is 2.68. The summed E-state index contributed by atoms with van der Waals surface area (Å²) in [6, 6.07) is 5.41. The van der Waals surface area contributed by atoms with Crippen molar-refractivity contribution < 1.29 is 4.79 Å². The van der Waals surface area contributed by atoms with Gasteiger partial charge in [0.25, 0.3) is 0 Å². The zero-order chi connectivity index (χ0) is 15.8. The molecule has 1 saturated carbocycles. The number of thioether (sulfide) groups is 1. The average Bonchev–Trinajstić information content (AvgIpc) is 2.88. The number of carbonyl (C=O) groups is 1. The summed E-state index contributed by atoms with van der Waals surface area (Å²) < 4.78 is 0. The standard InChI is InChI=1S/C17H20Cl2OS/c1-10(2)7-13-15(17(13,3)4)16(20)21-9-11-5-6-12(18)8-14(11)19/h5-8,13,15H,9H2,1-4H3/t13-,15+/m1/s1. The Labute approximate surface area is 141 Å². The number of halogens is 2. The first-order valence-electron chi connectivity index (χ1n) is 6.99. The second-order valence-corrected chi connectivity index (χ2v) is 8.24. The lowest BCUT2D eigenvalue weighted by molar-refractivity contribution is -0.112. The van der Waals surface area contributed by atoms with Gasteiger partial charge in [-0.1, -0.05) is 66.5 Å². The molecule has 0 bridgehead atoms. The lowest BCUT2D eigenvalue weighted by Crippen LogP contribution is -2.01. The highest BCUT2D eigenvalue weighted by molar-refractivity contribution is 8.13. The van der Waals surface area contributed by atoms with Crippen LogP contribution in [0.5, 0.6) is 0 Å². The Bertz CT molecular complexity index is 588. The molecule has 0 heterocycles. The van der Waals surface area contributed by atoms with Gasteiger partial charge < -0.3 is 0 Å². The summed E-state index contributed by atoms with van der Waals surface area (Å²) >= 11 is 13.4. The molecular weight excluding hydrogens is 323 g/mol. The Morgan fingerprint density at radius 2 is 2.00 bits per heavy atom. The third-order valence-electron chi connectivity index (χ3n) is 4.06. The summed E-state index contributed by atoms with van der Waals surface area (Å²) in [6.07, 6.45) is 2.22. The topological polar surface area (TPSA) is 17.1 Å². The number of rotatable bonds is 4. The molecule has 0 aromatic heterocycles. The summed E-state index contributed by atoms with van der Waals surface area (Å²) in [6.45, 7) is 8.48. The molecule has 21 heavy (non-hydrogen) atoms. The van der Waals surface area contributed by atoms with E-state index in [-0.39, 0.29) is 16.4 Å². The van der Waals surface area contributed by atoms with Gasteiger partial charge in [0.05, 0.1) is 0 Å². The van der Waals surface area contributed by atoms with E-state index in [4.69, 9.17) is 23.2 Å². The van der Waals surface area contributed by atoms with Crippen molar-refractivity contribution >= 4 is 40.1 Å². The van der Waals surface area contributed by atoms with Crippen LogP contribution in [0.25, 0.3) is 0 Å². The van der Waals surface area contributed by atoms with Crippen LogP contribution in [0.3, 0.4) is 0 Å². The van der Waals surface area contributed by atoms with Crippen molar-refractivity contribution in [2.24, 2.45) is 17.3 Å². The fraction of sp³-hybridized carbons (Fsp3) is 0.471. The van der Waals surface area contributed by atoms with E-state index in [1.807, 2.05) is 6.07 Å². The van der Waals surface area contributed by atoms with Crippen LogP contribution in [0.1, 0.15) is 33.3 Å².